The molecule has 2 aromatic carbocycles. The lowest BCUT2D eigenvalue weighted by Gasteiger charge is -2.10. The lowest BCUT2D eigenvalue weighted by atomic mass is 10.2. The number of anilines is 1. The van der Waals surface area contributed by atoms with Crippen LogP contribution < -0.4 is 10.1 Å². The standard InChI is InChI=1S/C14H11BrClN3OS/c15-9-1-3-10(4-2-9)20-8-7-17-13-11(16)5-6-12-14(13)19-21-18-12/h1-6,17H,7-8H2. The molecule has 3 aromatic rings. The lowest BCUT2D eigenvalue weighted by Crippen LogP contribution is -2.12. The number of nitrogens with one attached hydrogen (secondary N) is 1. The predicted molar refractivity (Wildman–Crippen MR) is 90.6 cm³/mol. The Morgan fingerprint density at radius 2 is 1.95 bits per heavy atom. The van der Waals surface area contributed by atoms with Crippen LogP contribution in [0.1, 0.15) is 0 Å². The fourth-order valence-electron chi connectivity index (χ4n) is 1.87. The Kier molecular flexibility index (Phi) is 4.57. The number of aromatic nitrogens is 2. The van der Waals surface area contributed by atoms with Gasteiger partial charge in [0.1, 0.15) is 23.4 Å². The molecule has 0 fully saturated rings. The molecular weight excluding hydrogens is 374 g/mol. The van der Waals surface area contributed by atoms with Crippen molar-refractivity contribution >= 4 is 56.0 Å². The summed E-state index contributed by atoms with van der Waals surface area (Å²) < 4.78 is 15.2. The molecule has 0 aliphatic carbocycles. The molecule has 21 heavy (non-hydrogen) atoms. The molecule has 0 spiro atoms. The minimum absolute atomic E-state index is 0.534. The first kappa shape index (κ1) is 14.6. The van der Waals surface area contributed by atoms with Crippen molar-refractivity contribution in [1.29, 1.82) is 0 Å². The summed E-state index contributed by atoms with van der Waals surface area (Å²) in [6.07, 6.45) is 0. The number of benzene rings is 2. The summed E-state index contributed by atoms with van der Waals surface area (Å²) in [5.74, 6) is 0.833. The van der Waals surface area contributed by atoms with Crippen molar-refractivity contribution in [3.8, 4) is 5.75 Å². The topological polar surface area (TPSA) is 47.0 Å². The highest BCUT2D eigenvalue weighted by molar-refractivity contribution is 9.10. The molecule has 0 radical (unpaired) electrons. The van der Waals surface area contributed by atoms with Crippen LogP contribution in [0.3, 0.4) is 0 Å². The van der Waals surface area contributed by atoms with Crippen LogP contribution in [0.25, 0.3) is 11.0 Å². The van der Waals surface area contributed by atoms with Crippen LogP contribution >= 0.6 is 39.3 Å². The fourth-order valence-corrected chi connectivity index (χ4v) is 2.90. The maximum absolute atomic E-state index is 6.20. The van der Waals surface area contributed by atoms with Crippen molar-refractivity contribution in [1.82, 2.24) is 8.75 Å². The highest BCUT2D eigenvalue weighted by Gasteiger charge is 2.09. The van der Waals surface area contributed by atoms with Gasteiger partial charge in [0.2, 0.25) is 0 Å². The van der Waals surface area contributed by atoms with Gasteiger partial charge in [-0.1, -0.05) is 27.5 Å². The Balaban J connectivity index is 1.60. The van der Waals surface area contributed by atoms with Gasteiger partial charge in [-0.3, -0.25) is 0 Å². The van der Waals surface area contributed by atoms with Gasteiger partial charge < -0.3 is 10.1 Å². The number of hydrogen-bond acceptors (Lipinski definition) is 5. The second-order valence-corrected chi connectivity index (χ2v) is 6.13. The Morgan fingerprint density at radius 1 is 1.14 bits per heavy atom. The van der Waals surface area contributed by atoms with Crippen LogP contribution in [0.15, 0.2) is 40.9 Å². The Bertz CT molecular complexity index is 748. The molecule has 1 aromatic heterocycles. The average Bonchev–Trinajstić information content (AvgIpc) is 2.96. The van der Waals surface area contributed by atoms with E-state index < -0.39 is 0 Å². The van der Waals surface area contributed by atoms with Gasteiger partial charge in [-0.25, -0.2) is 0 Å². The van der Waals surface area contributed by atoms with Crippen molar-refractivity contribution in [2.24, 2.45) is 0 Å². The number of fused-ring (bicyclic) bond motifs is 1. The molecule has 7 heteroatoms. The van der Waals surface area contributed by atoms with Crippen LogP contribution in [0.4, 0.5) is 5.69 Å². The summed E-state index contributed by atoms with van der Waals surface area (Å²) in [7, 11) is 0. The number of hydrogen-bond donors (Lipinski definition) is 1. The van der Waals surface area contributed by atoms with Gasteiger partial charge in [0.05, 0.1) is 22.4 Å². The van der Waals surface area contributed by atoms with E-state index in [1.54, 1.807) is 0 Å². The van der Waals surface area contributed by atoms with Crippen molar-refractivity contribution in [2.45, 2.75) is 0 Å². The largest absolute Gasteiger partial charge is 0.492 e. The zero-order valence-electron chi connectivity index (χ0n) is 10.8. The molecule has 0 unspecified atom stereocenters. The second-order valence-electron chi connectivity index (χ2n) is 4.28. The van der Waals surface area contributed by atoms with Crippen molar-refractivity contribution in [2.75, 3.05) is 18.5 Å². The van der Waals surface area contributed by atoms with Crippen molar-refractivity contribution < 1.29 is 4.74 Å². The first-order chi connectivity index (χ1) is 10.2. The Morgan fingerprint density at radius 3 is 2.76 bits per heavy atom. The monoisotopic (exact) mass is 383 g/mol. The number of nitrogens with zero attached hydrogens (tertiary/aromatic N) is 2. The minimum Gasteiger partial charge on any atom is -0.492 e. The van der Waals surface area contributed by atoms with Crippen molar-refractivity contribution in [3.63, 3.8) is 0 Å². The molecule has 4 nitrogen and oxygen atoms in total. The lowest BCUT2D eigenvalue weighted by molar-refractivity contribution is 0.333. The smallest absolute Gasteiger partial charge is 0.129 e. The molecule has 0 aliphatic heterocycles. The van der Waals surface area contributed by atoms with Gasteiger partial charge in [-0.2, -0.15) is 8.75 Å². The van der Waals surface area contributed by atoms with Crippen LogP contribution in [-0.2, 0) is 0 Å². The van der Waals surface area contributed by atoms with E-state index in [1.807, 2.05) is 36.4 Å². The van der Waals surface area contributed by atoms with Crippen LogP contribution in [0.2, 0.25) is 5.02 Å². The van der Waals surface area contributed by atoms with E-state index in [0.29, 0.717) is 18.2 Å². The normalized spacial score (nSPS) is 10.8. The predicted octanol–water partition coefficient (Wildman–Crippen LogP) is 4.60. The summed E-state index contributed by atoms with van der Waals surface area (Å²) in [5.41, 5.74) is 2.46. The average molecular weight is 385 g/mol. The van der Waals surface area contributed by atoms with Gasteiger partial charge in [0, 0.05) is 11.0 Å². The van der Waals surface area contributed by atoms with E-state index >= 15 is 0 Å². The molecular formula is C14H11BrClN3OS. The Hall–Kier alpha value is -1.37. The molecule has 0 saturated carbocycles. The third-order valence-corrected chi connectivity index (χ3v) is 4.25. The highest BCUT2D eigenvalue weighted by atomic mass is 79.9. The molecule has 0 amide bonds. The quantitative estimate of drug-likeness (QED) is 0.653. The maximum Gasteiger partial charge on any atom is 0.129 e. The zero-order chi connectivity index (χ0) is 14.7. The summed E-state index contributed by atoms with van der Waals surface area (Å²) >= 11 is 10.8. The number of rotatable bonds is 5. The van der Waals surface area contributed by atoms with Gasteiger partial charge in [0.25, 0.3) is 0 Å². The molecule has 0 aliphatic rings. The molecule has 108 valence electrons. The van der Waals surface area contributed by atoms with Gasteiger partial charge >= 0.3 is 0 Å². The third kappa shape index (κ3) is 3.45. The summed E-state index contributed by atoms with van der Waals surface area (Å²) in [4.78, 5) is 0. The van der Waals surface area contributed by atoms with Crippen LogP contribution in [0.5, 0.6) is 5.75 Å². The number of ether oxygens (including phenoxy) is 1. The van der Waals surface area contributed by atoms with E-state index in [1.165, 1.54) is 11.7 Å². The molecule has 1 N–H and O–H groups in total. The summed E-state index contributed by atoms with van der Waals surface area (Å²) in [6.45, 7) is 1.17. The van der Waals surface area contributed by atoms with E-state index in [0.717, 1.165) is 26.9 Å². The maximum atomic E-state index is 6.20. The fraction of sp³-hybridized carbons (Fsp3) is 0.143. The van der Waals surface area contributed by atoms with Crippen molar-refractivity contribution in [3.05, 3.63) is 45.9 Å². The molecule has 1 heterocycles. The van der Waals surface area contributed by atoms with Gasteiger partial charge in [-0.05, 0) is 36.4 Å². The van der Waals surface area contributed by atoms with E-state index in [2.05, 4.69) is 30.0 Å². The summed E-state index contributed by atoms with van der Waals surface area (Å²) in [5, 5.41) is 3.90. The molecule has 0 saturated heterocycles. The molecule has 0 bridgehead atoms. The number of halogens is 2. The SMILES string of the molecule is Clc1ccc2nsnc2c1NCCOc1ccc(Br)cc1. The van der Waals surface area contributed by atoms with Gasteiger partial charge in [-0.15, -0.1) is 0 Å². The molecule has 3 rings (SSSR count). The first-order valence-electron chi connectivity index (χ1n) is 6.27. The zero-order valence-corrected chi connectivity index (χ0v) is 14.0. The first-order valence-corrected chi connectivity index (χ1v) is 8.17. The third-order valence-electron chi connectivity index (χ3n) is 2.86. The molecule has 0 atom stereocenters. The van der Waals surface area contributed by atoms with Crippen LogP contribution in [-0.4, -0.2) is 21.9 Å². The van der Waals surface area contributed by atoms with E-state index in [4.69, 9.17) is 16.3 Å². The second kappa shape index (κ2) is 6.60. The Labute approximate surface area is 139 Å². The van der Waals surface area contributed by atoms with E-state index in [9.17, 15) is 0 Å². The van der Waals surface area contributed by atoms with E-state index in [-0.39, 0.29) is 0 Å². The minimum atomic E-state index is 0.534. The summed E-state index contributed by atoms with van der Waals surface area (Å²) in [6, 6.07) is 11.4. The van der Waals surface area contributed by atoms with Crippen LogP contribution in [0, 0.1) is 0 Å². The van der Waals surface area contributed by atoms with Gasteiger partial charge in [0.15, 0.2) is 0 Å². The highest BCUT2D eigenvalue weighted by Crippen LogP contribution is 2.29.